The second-order valence-corrected chi connectivity index (χ2v) is 7.97. The molecule has 30 heavy (non-hydrogen) atoms. The van der Waals surface area contributed by atoms with E-state index in [1.54, 1.807) is 14.2 Å². The fourth-order valence-corrected chi connectivity index (χ4v) is 4.59. The highest BCUT2D eigenvalue weighted by Crippen LogP contribution is 2.40. The zero-order valence-electron chi connectivity index (χ0n) is 18.2. The molecular formula is C26H32N2O2. The van der Waals surface area contributed by atoms with Crippen LogP contribution >= 0.6 is 0 Å². The minimum Gasteiger partial charge on any atom is -0.496 e. The summed E-state index contributed by atoms with van der Waals surface area (Å²) in [4.78, 5) is 4.85. The van der Waals surface area contributed by atoms with Crippen molar-refractivity contribution in [3.63, 3.8) is 0 Å². The summed E-state index contributed by atoms with van der Waals surface area (Å²) in [6.07, 6.45) is 8.90. The summed E-state index contributed by atoms with van der Waals surface area (Å²) in [6, 6.07) is 13.0. The molecule has 2 heterocycles. The lowest BCUT2D eigenvalue weighted by Gasteiger charge is -2.22. The molecule has 0 aliphatic carbocycles. The highest BCUT2D eigenvalue weighted by atomic mass is 16.5. The Kier molecular flexibility index (Phi) is 6.32. The highest BCUT2D eigenvalue weighted by molar-refractivity contribution is 5.87. The fraction of sp³-hybridized carbons (Fsp3) is 0.385. The van der Waals surface area contributed by atoms with Crippen LogP contribution in [-0.4, -0.2) is 40.4 Å². The normalized spacial score (nSPS) is 15.9. The van der Waals surface area contributed by atoms with Crippen molar-refractivity contribution < 1.29 is 9.47 Å². The lowest BCUT2D eigenvalue weighted by Crippen LogP contribution is -2.17. The molecule has 2 saturated heterocycles. The van der Waals surface area contributed by atoms with E-state index in [1.807, 2.05) is 12.2 Å². The standard InChI is InChI=1S/C26H32N2O2/c1-4-9-22(23-12-10-20(18-25(23)29-2)27-14-5-6-15-27)24-13-11-21(19-26(24)30-3)28-16-7-8-17-28/h4,9-13,18-19H,1,5-8,14-17H2,2-3H3. The Bertz CT molecular complexity index is 853. The van der Waals surface area contributed by atoms with Crippen LogP contribution in [0.5, 0.6) is 11.5 Å². The van der Waals surface area contributed by atoms with Crippen LogP contribution in [0.25, 0.3) is 5.57 Å². The summed E-state index contributed by atoms with van der Waals surface area (Å²) in [5.74, 6) is 1.75. The number of methoxy groups -OCH3 is 2. The Morgan fingerprint density at radius 1 is 0.767 bits per heavy atom. The summed E-state index contributed by atoms with van der Waals surface area (Å²) in [5.41, 5.74) is 5.60. The molecule has 4 rings (SSSR count). The van der Waals surface area contributed by atoms with Gasteiger partial charge in [0.2, 0.25) is 0 Å². The van der Waals surface area contributed by atoms with Crippen LogP contribution in [0.3, 0.4) is 0 Å². The maximum atomic E-state index is 5.82. The predicted octanol–water partition coefficient (Wildman–Crippen LogP) is 5.52. The topological polar surface area (TPSA) is 24.9 Å². The first-order chi connectivity index (χ1) is 14.7. The van der Waals surface area contributed by atoms with Crippen LogP contribution in [-0.2, 0) is 0 Å². The van der Waals surface area contributed by atoms with Crippen molar-refractivity contribution in [2.45, 2.75) is 25.7 Å². The van der Waals surface area contributed by atoms with E-state index in [0.717, 1.165) is 54.4 Å². The van der Waals surface area contributed by atoms with Crippen LogP contribution in [0.4, 0.5) is 11.4 Å². The predicted molar refractivity (Wildman–Crippen MR) is 126 cm³/mol. The molecule has 0 radical (unpaired) electrons. The molecule has 0 N–H and O–H groups in total. The van der Waals surface area contributed by atoms with E-state index in [1.165, 1.54) is 37.1 Å². The van der Waals surface area contributed by atoms with Crippen molar-refractivity contribution >= 4 is 16.9 Å². The van der Waals surface area contributed by atoms with E-state index >= 15 is 0 Å². The van der Waals surface area contributed by atoms with Gasteiger partial charge >= 0.3 is 0 Å². The summed E-state index contributed by atoms with van der Waals surface area (Å²) in [6.45, 7) is 8.41. The average molecular weight is 405 g/mol. The van der Waals surface area contributed by atoms with E-state index < -0.39 is 0 Å². The minimum atomic E-state index is 0.873. The highest BCUT2D eigenvalue weighted by Gasteiger charge is 2.20. The van der Waals surface area contributed by atoms with Crippen molar-refractivity contribution in [1.29, 1.82) is 0 Å². The first-order valence-corrected chi connectivity index (χ1v) is 10.9. The molecule has 0 amide bonds. The zero-order chi connectivity index (χ0) is 20.9. The minimum absolute atomic E-state index is 0.873. The van der Waals surface area contributed by atoms with Gasteiger partial charge in [-0.05, 0) is 55.5 Å². The molecular weight excluding hydrogens is 372 g/mol. The molecule has 0 unspecified atom stereocenters. The number of allylic oxidation sites excluding steroid dienone is 2. The molecule has 0 bridgehead atoms. The zero-order valence-corrected chi connectivity index (χ0v) is 18.2. The van der Waals surface area contributed by atoms with Gasteiger partial charge in [-0.3, -0.25) is 0 Å². The summed E-state index contributed by atoms with van der Waals surface area (Å²) in [7, 11) is 3.48. The monoisotopic (exact) mass is 404 g/mol. The quantitative estimate of drug-likeness (QED) is 0.567. The third kappa shape index (κ3) is 4.04. The molecule has 2 aliphatic rings. The Balaban J connectivity index is 1.73. The summed E-state index contributed by atoms with van der Waals surface area (Å²) < 4.78 is 11.6. The first-order valence-electron chi connectivity index (χ1n) is 10.9. The van der Waals surface area contributed by atoms with Crippen molar-refractivity contribution in [2.24, 2.45) is 0 Å². The maximum absolute atomic E-state index is 5.82. The lowest BCUT2D eigenvalue weighted by atomic mass is 9.95. The number of hydrogen-bond donors (Lipinski definition) is 0. The number of ether oxygens (including phenoxy) is 2. The Morgan fingerprint density at radius 3 is 1.57 bits per heavy atom. The SMILES string of the molecule is C=CC=C(c1ccc(N2CCCC2)cc1OC)c1ccc(N2CCCC2)cc1OC. The van der Waals surface area contributed by atoms with Gasteiger partial charge in [0.05, 0.1) is 14.2 Å². The second kappa shape index (κ2) is 9.29. The van der Waals surface area contributed by atoms with E-state index in [-0.39, 0.29) is 0 Å². The fourth-order valence-electron chi connectivity index (χ4n) is 4.59. The third-order valence-corrected chi connectivity index (χ3v) is 6.18. The maximum Gasteiger partial charge on any atom is 0.128 e. The van der Waals surface area contributed by atoms with E-state index in [9.17, 15) is 0 Å². The second-order valence-electron chi connectivity index (χ2n) is 7.97. The van der Waals surface area contributed by atoms with Crippen LogP contribution in [0.2, 0.25) is 0 Å². The molecule has 0 atom stereocenters. The van der Waals surface area contributed by atoms with Crippen LogP contribution in [0, 0.1) is 0 Å². The first kappa shape index (κ1) is 20.4. The Hall–Kier alpha value is -2.88. The van der Waals surface area contributed by atoms with Gasteiger partial charge in [0.15, 0.2) is 0 Å². The van der Waals surface area contributed by atoms with Gasteiger partial charge in [-0.1, -0.05) is 18.7 Å². The molecule has 2 fully saturated rings. The molecule has 4 heteroatoms. The van der Waals surface area contributed by atoms with Gasteiger partial charge < -0.3 is 19.3 Å². The Labute approximate surface area is 180 Å². The smallest absolute Gasteiger partial charge is 0.128 e. The number of anilines is 2. The van der Waals surface area contributed by atoms with E-state index in [2.05, 4.69) is 52.8 Å². The van der Waals surface area contributed by atoms with Crippen LogP contribution in [0.1, 0.15) is 36.8 Å². The number of benzene rings is 2. The Morgan fingerprint density at radius 2 is 1.20 bits per heavy atom. The van der Waals surface area contributed by atoms with Gasteiger partial charge in [0.1, 0.15) is 11.5 Å². The average Bonchev–Trinajstić information content (AvgIpc) is 3.51. The molecule has 4 nitrogen and oxygen atoms in total. The van der Waals surface area contributed by atoms with Gasteiger partial charge in [-0.25, -0.2) is 0 Å². The molecule has 2 aliphatic heterocycles. The van der Waals surface area contributed by atoms with E-state index in [0.29, 0.717) is 0 Å². The molecule has 0 spiro atoms. The van der Waals surface area contributed by atoms with Gasteiger partial charge in [0.25, 0.3) is 0 Å². The van der Waals surface area contributed by atoms with Crippen molar-refractivity contribution in [3.8, 4) is 11.5 Å². The summed E-state index contributed by atoms with van der Waals surface area (Å²) in [5, 5.41) is 0. The molecule has 158 valence electrons. The van der Waals surface area contributed by atoms with Crippen molar-refractivity contribution in [3.05, 3.63) is 66.3 Å². The largest absolute Gasteiger partial charge is 0.496 e. The molecule has 0 aromatic heterocycles. The van der Waals surface area contributed by atoms with Crippen LogP contribution in [0.15, 0.2) is 55.1 Å². The number of hydrogen-bond acceptors (Lipinski definition) is 4. The molecule has 2 aromatic carbocycles. The van der Waals surface area contributed by atoms with Crippen LogP contribution < -0.4 is 19.3 Å². The van der Waals surface area contributed by atoms with Gasteiger partial charge in [-0.2, -0.15) is 0 Å². The van der Waals surface area contributed by atoms with Gasteiger partial charge in [-0.15, -0.1) is 0 Å². The van der Waals surface area contributed by atoms with Crippen molar-refractivity contribution in [1.82, 2.24) is 0 Å². The lowest BCUT2D eigenvalue weighted by molar-refractivity contribution is 0.411. The third-order valence-electron chi connectivity index (χ3n) is 6.18. The molecule has 0 saturated carbocycles. The van der Waals surface area contributed by atoms with E-state index in [4.69, 9.17) is 9.47 Å². The molecule has 2 aromatic rings. The summed E-state index contributed by atoms with van der Waals surface area (Å²) >= 11 is 0. The van der Waals surface area contributed by atoms with Gasteiger partial charge in [0, 0.05) is 60.8 Å². The number of rotatable bonds is 7. The number of nitrogens with zero attached hydrogens (tertiary/aromatic N) is 2. The van der Waals surface area contributed by atoms with Crippen molar-refractivity contribution in [2.75, 3.05) is 50.2 Å².